The maximum Gasteiger partial charge on any atom is 0.164 e. The molecule has 5 heteroatoms. The molecule has 0 unspecified atom stereocenters. The highest BCUT2D eigenvalue weighted by molar-refractivity contribution is 5.45. The van der Waals surface area contributed by atoms with Crippen LogP contribution in [0.15, 0.2) is 18.2 Å². The summed E-state index contributed by atoms with van der Waals surface area (Å²) in [7, 11) is 3.18. The SMILES string of the molecule is COc1ccc(OCCNN)cc1OC. The van der Waals surface area contributed by atoms with E-state index < -0.39 is 0 Å². The second-order valence-corrected chi connectivity index (χ2v) is 2.82. The van der Waals surface area contributed by atoms with E-state index in [4.69, 9.17) is 20.1 Å². The molecular weight excluding hydrogens is 196 g/mol. The highest BCUT2D eigenvalue weighted by atomic mass is 16.5. The number of nitrogens with one attached hydrogen (secondary N) is 1. The molecule has 0 aliphatic carbocycles. The summed E-state index contributed by atoms with van der Waals surface area (Å²) in [5.41, 5.74) is 2.51. The smallest absolute Gasteiger partial charge is 0.164 e. The first-order valence-electron chi connectivity index (χ1n) is 4.60. The Morgan fingerprint density at radius 2 is 1.93 bits per heavy atom. The van der Waals surface area contributed by atoms with E-state index in [1.54, 1.807) is 26.4 Å². The lowest BCUT2D eigenvalue weighted by Crippen LogP contribution is -2.27. The fraction of sp³-hybridized carbons (Fsp3) is 0.400. The lowest BCUT2D eigenvalue weighted by Gasteiger charge is -2.10. The van der Waals surface area contributed by atoms with E-state index in [0.29, 0.717) is 24.7 Å². The van der Waals surface area contributed by atoms with Crippen LogP contribution < -0.4 is 25.5 Å². The summed E-state index contributed by atoms with van der Waals surface area (Å²) in [6.07, 6.45) is 0. The maximum atomic E-state index is 5.41. The van der Waals surface area contributed by atoms with Crippen LogP contribution in [0.25, 0.3) is 0 Å². The fourth-order valence-corrected chi connectivity index (χ4v) is 1.13. The first kappa shape index (κ1) is 11.6. The van der Waals surface area contributed by atoms with Gasteiger partial charge in [0.05, 0.1) is 14.2 Å². The van der Waals surface area contributed by atoms with Crippen molar-refractivity contribution in [3.63, 3.8) is 0 Å². The van der Waals surface area contributed by atoms with E-state index in [2.05, 4.69) is 5.43 Å². The van der Waals surface area contributed by atoms with E-state index in [1.807, 2.05) is 6.07 Å². The first-order valence-corrected chi connectivity index (χ1v) is 4.60. The zero-order valence-electron chi connectivity index (χ0n) is 8.95. The lowest BCUT2D eigenvalue weighted by atomic mass is 10.3. The van der Waals surface area contributed by atoms with Gasteiger partial charge in [-0.3, -0.25) is 11.3 Å². The molecule has 0 aliphatic rings. The van der Waals surface area contributed by atoms with Gasteiger partial charge < -0.3 is 14.2 Å². The van der Waals surface area contributed by atoms with Crippen molar-refractivity contribution in [2.45, 2.75) is 0 Å². The molecule has 0 bridgehead atoms. The second kappa shape index (κ2) is 6.10. The van der Waals surface area contributed by atoms with Gasteiger partial charge >= 0.3 is 0 Å². The van der Waals surface area contributed by atoms with E-state index in [0.717, 1.165) is 5.75 Å². The Morgan fingerprint density at radius 1 is 1.20 bits per heavy atom. The molecule has 84 valence electrons. The normalized spacial score (nSPS) is 9.80. The molecule has 0 aromatic heterocycles. The number of hydrogen-bond acceptors (Lipinski definition) is 5. The van der Waals surface area contributed by atoms with Crippen LogP contribution in [0.5, 0.6) is 17.2 Å². The molecule has 5 nitrogen and oxygen atoms in total. The van der Waals surface area contributed by atoms with Crippen molar-refractivity contribution in [1.29, 1.82) is 0 Å². The van der Waals surface area contributed by atoms with Crippen molar-refractivity contribution in [3.8, 4) is 17.2 Å². The zero-order valence-corrected chi connectivity index (χ0v) is 8.95. The van der Waals surface area contributed by atoms with Gasteiger partial charge in [-0.1, -0.05) is 0 Å². The quantitative estimate of drug-likeness (QED) is 0.409. The highest BCUT2D eigenvalue weighted by Gasteiger charge is 2.04. The number of rotatable bonds is 6. The molecule has 0 heterocycles. The minimum Gasteiger partial charge on any atom is -0.493 e. The van der Waals surface area contributed by atoms with E-state index in [1.165, 1.54) is 0 Å². The second-order valence-electron chi connectivity index (χ2n) is 2.82. The molecule has 0 spiro atoms. The van der Waals surface area contributed by atoms with Gasteiger partial charge in [0.15, 0.2) is 11.5 Å². The molecule has 1 aromatic carbocycles. The summed E-state index contributed by atoms with van der Waals surface area (Å²) < 4.78 is 15.7. The zero-order chi connectivity index (χ0) is 11.1. The van der Waals surface area contributed by atoms with Gasteiger partial charge in [-0.15, -0.1) is 0 Å². The summed E-state index contributed by atoms with van der Waals surface area (Å²) in [4.78, 5) is 0. The van der Waals surface area contributed by atoms with Gasteiger partial charge in [0.1, 0.15) is 12.4 Å². The molecule has 1 aromatic rings. The van der Waals surface area contributed by atoms with Gasteiger partial charge in [0, 0.05) is 12.6 Å². The summed E-state index contributed by atoms with van der Waals surface area (Å²) in [5.74, 6) is 7.18. The lowest BCUT2D eigenvalue weighted by molar-refractivity contribution is 0.308. The number of ether oxygens (including phenoxy) is 3. The molecule has 0 radical (unpaired) electrons. The average Bonchev–Trinajstić information content (AvgIpc) is 2.29. The van der Waals surface area contributed by atoms with Crippen molar-refractivity contribution >= 4 is 0 Å². The summed E-state index contributed by atoms with van der Waals surface area (Å²) >= 11 is 0. The molecule has 0 atom stereocenters. The van der Waals surface area contributed by atoms with Crippen molar-refractivity contribution < 1.29 is 14.2 Å². The topological polar surface area (TPSA) is 65.7 Å². The molecule has 0 fully saturated rings. The van der Waals surface area contributed by atoms with Crippen molar-refractivity contribution in [3.05, 3.63) is 18.2 Å². The van der Waals surface area contributed by atoms with Gasteiger partial charge in [0.2, 0.25) is 0 Å². The maximum absolute atomic E-state index is 5.41. The molecular formula is C10H16N2O3. The minimum absolute atomic E-state index is 0.506. The third-order valence-electron chi connectivity index (χ3n) is 1.87. The number of methoxy groups -OCH3 is 2. The van der Waals surface area contributed by atoms with Crippen LogP contribution in [0, 0.1) is 0 Å². The minimum atomic E-state index is 0.506. The highest BCUT2D eigenvalue weighted by Crippen LogP contribution is 2.30. The standard InChI is InChI=1S/C10H16N2O3/c1-13-9-4-3-8(7-10(9)14-2)15-6-5-12-11/h3-4,7,12H,5-6,11H2,1-2H3. The molecule has 1 rings (SSSR count). The predicted octanol–water partition coefficient (Wildman–Crippen LogP) is 0.546. The summed E-state index contributed by atoms with van der Waals surface area (Å²) in [6.45, 7) is 1.10. The van der Waals surface area contributed by atoms with E-state index in [-0.39, 0.29) is 0 Å². The van der Waals surface area contributed by atoms with Crippen molar-refractivity contribution in [2.24, 2.45) is 5.84 Å². The van der Waals surface area contributed by atoms with Gasteiger partial charge in [0.25, 0.3) is 0 Å². The third-order valence-corrected chi connectivity index (χ3v) is 1.87. The Bertz CT molecular complexity index is 305. The van der Waals surface area contributed by atoms with Crippen molar-refractivity contribution in [1.82, 2.24) is 5.43 Å². The Hall–Kier alpha value is -1.46. The van der Waals surface area contributed by atoms with Crippen LogP contribution in [0.4, 0.5) is 0 Å². The summed E-state index contributed by atoms with van der Waals surface area (Å²) in [6, 6.07) is 5.39. The van der Waals surface area contributed by atoms with E-state index >= 15 is 0 Å². The average molecular weight is 212 g/mol. The Balaban J connectivity index is 2.66. The molecule has 3 N–H and O–H groups in total. The van der Waals surface area contributed by atoms with Crippen LogP contribution in [0.3, 0.4) is 0 Å². The largest absolute Gasteiger partial charge is 0.493 e. The number of hydrogen-bond donors (Lipinski definition) is 2. The Kier molecular flexibility index (Phi) is 4.73. The fourth-order valence-electron chi connectivity index (χ4n) is 1.13. The van der Waals surface area contributed by atoms with E-state index in [9.17, 15) is 0 Å². The third kappa shape index (κ3) is 3.30. The Morgan fingerprint density at radius 3 is 2.53 bits per heavy atom. The number of benzene rings is 1. The van der Waals surface area contributed by atoms with Gasteiger partial charge in [-0.2, -0.15) is 0 Å². The van der Waals surface area contributed by atoms with Crippen LogP contribution in [0.1, 0.15) is 0 Å². The molecule has 0 saturated heterocycles. The predicted molar refractivity (Wildman–Crippen MR) is 57.2 cm³/mol. The van der Waals surface area contributed by atoms with Crippen LogP contribution in [0.2, 0.25) is 0 Å². The molecule has 0 saturated carbocycles. The Labute approximate surface area is 89.1 Å². The number of hydrazine groups is 1. The van der Waals surface area contributed by atoms with Gasteiger partial charge in [-0.05, 0) is 12.1 Å². The van der Waals surface area contributed by atoms with Crippen molar-refractivity contribution in [2.75, 3.05) is 27.4 Å². The van der Waals surface area contributed by atoms with Crippen LogP contribution >= 0.6 is 0 Å². The molecule has 0 aliphatic heterocycles. The summed E-state index contributed by atoms with van der Waals surface area (Å²) in [5, 5.41) is 0. The van der Waals surface area contributed by atoms with Crippen LogP contribution in [-0.2, 0) is 0 Å². The molecule has 15 heavy (non-hydrogen) atoms. The van der Waals surface area contributed by atoms with Crippen LogP contribution in [-0.4, -0.2) is 27.4 Å². The monoisotopic (exact) mass is 212 g/mol. The van der Waals surface area contributed by atoms with Gasteiger partial charge in [-0.25, -0.2) is 0 Å². The first-order chi connectivity index (χ1) is 7.31. The molecule has 0 amide bonds. The number of nitrogens with two attached hydrogens (primary N) is 1.